The predicted molar refractivity (Wildman–Crippen MR) is 135 cm³/mol. The molecule has 0 saturated heterocycles. The molecule has 3 aromatic carbocycles. The van der Waals surface area contributed by atoms with Gasteiger partial charge in [0.15, 0.2) is 6.10 Å². The van der Waals surface area contributed by atoms with Gasteiger partial charge in [-0.1, -0.05) is 11.6 Å². The van der Waals surface area contributed by atoms with Crippen LogP contribution in [0.1, 0.15) is 43.6 Å². The number of carboxylic acid groups (broad SMARTS) is 1. The van der Waals surface area contributed by atoms with Gasteiger partial charge < -0.3 is 14.6 Å². The number of fused-ring (bicyclic) bond motifs is 1. The number of rotatable bonds is 4. The van der Waals surface area contributed by atoms with Gasteiger partial charge in [0.2, 0.25) is 0 Å². The third-order valence-corrected chi connectivity index (χ3v) is 6.53. The van der Waals surface area contributed by atoms with Gasteiger partial charge in [-0.15, -0.1) is 0 Å². The lowest BCUT2D eigenvalue weighted by molar-refractivity contribution is -0.160. The van der Waals surface area contributed by atoms with Crippen LogP contribution in [-0.4, -0.2) is 28.3 Å². The molecule has 0 amide bonds. The predicted octanol–water partition coefficient (Wildman–Crippen LogP) is 7.03. The molecule has 180 valence electrons. The number of pyridine rings is 1. The number of carboxylic acids is 1. The Labute approximate surface area is 207 Å². The molecule has 7 heteroatoms. The highest BCUT2D eigenvalue weighted by molar-refractivity contribution is 6.36. The lowest BCUT2D eigenvalue weighted by Crippen LogP contribution is -2.28. The Kier molecular flexibility index (Phi) is 5.69. The van der Waals surface area contributed by atoms with E-state index < -0.39 is 23.5 Å². The van der Waals surface area contributed by atoms with Crippen LogP contribution in [0.25, 0.3) is 32.8 Å². The highest BCUT2D eigenvalue weighted by Gasteiger charge is 2.33. The average Bonchev–Trinajstić information content (AvgIpc) is 2.78. The van der Waals surface area contributed by atoms with Crippen molar-refractivity contribution in [1.82, 2.24) is 4.98 Å². The number of hydrogen-bond donors (Lipinski definition) is 1. The average molecular weight is 494 g/mol. The summed E-state index contributed by atoms with van der Waals surface area (Å²) in [6, 6.07) is 10.1. The molecule has 1 N–H and O–H groups in total. The second-order valence-corrected chi connectivity index (χ2v) is 10.2. The molecule has 0 aliphatic carbocycles. The molecule has 0 unspecified atom stereocenters. The van der Waals surface area contributed by atoms with E-state index in [4.69, 9.17) is 21.1 Å². The number of hydrogen-bond acceptors (Lipinski definition) is 4. The Morgan fingerprint density at radius 1 is 1.20 bits per heavy atom. The minimum absolute atomic E-state index is 0.249. The van der Waals surface area contributed by atoms with E-state index in [0.717, 1.165) is 23.1 Å². The third-order valence-electron chi connectivity index (χ3n) is 6.22. The van der Waals surface area contributed by atoms with Crippen LogP contribution in [0.4, 0.5) is 4.39 Å². The van der Waals surface area contributed by atoms with Crippen molar-refractivity contribution in [3.05, 3.63) is 70.1 Å². The fourth-order valence-corrected chi connectivity index (χ4v) is 5.15. The minimum Gasteiger partial charge on any atom is -0.493 e. The first-order valence-corrected chi connectivity index (χ1v) is 11.8. The van der Waals surface area contributed by atoms with Gasteiger partial charge in [0.05, 0.1) is 22.7 Å². The summed E-state index contributed by atoms with van der Waals surface area (Å²) < 4.78 is 26.6. The number of ether oxygens (including phenoxy) is 2. The van der Waals surface area contributed by atoms with E-state index in [-0.39, 0.29) is 5.02 Å². The van der Waals surface area contributed by atoms with Crippen molar-refractivity contribution < 1.29 is 23.8 Å². The number of aryl methyl sites for hydroxylation is 1. The maximum absolute atomic E-state index is 14.7. The second-order valence-electron chi connectivity index (χ2n) is 9.82. The molecular weight excluding hydrogens is 469 g/mol. The lowest BCUT2D eigenvalue weighted by Gasteiger charge is -2.29. The zero-order valence-corrected chi connectivity index (χ0v) is 20.7. The number of nitrogens with zero attached hydrogens (tertiary/aromatic N) is 1. The Bertz CT molecular complexity index is 1500. The maximum atomic E-state index is 14.7. The molecule has 1 atom stereocenters. The van der Waals surface area contributed by atoms with Crippen molar-refractivity contribution in [1.29, 1.82) is 0 Å². The number of benzene rings is 3. The maximum Gasteiger partial charge on any atom is 0.337 e. The van der Waals surface area contributed by atoms with Crippen molar-refractivity contribution in [2.75, 3.05) is 6.61 Å². The normalized spacial score (nSPS) is 14.2. The van der Waals surface area contributed by atoms with Gasteiger partial charge >= 0.3 is 5.97 Å². The van der Waals surface area contributed by atoms with Gasteiger partial charge in [-0.2, -0.15) is 0 Å². The van der Waals surface area contributed by atoms with E-state index in [9.17, 15) is 14.3 Å². The Morgan fingerprint density at radius 2 is 1.97 bits per heavy atom. The van der Waals surface area contributed by atoms with E-state index in [2.05, 4.69) is 4.98 Å². The van der Waals surface area contributed by atoms with E-state index in [0.29, 0.717) is 45.1 Å². The van der Waals surface area contributed by atoms with Gasteiger partial charge in [0.1, 0.15) is 11.6 Å². The SMILES string of the molecule is Cc1cc2c(Cl)cc(F)cc2c(-c2ccc3c4c(ccnc24)CCO3)c1[C@@H](OC(C)(C)C)C(=O)O. The molecule has 0 fully saturated rings. The Morgan fingerprint density at radius 3 is 2.69 bits per heavy atom. The number of aliphatic carboxylic acids is 1. The molecule has 1 aliphatic rings. The van der Waals surface area contributed by atoms with Gasteiger partial charge in [-0.25, -0.2) is 9.18 Å². The number of halogens is 2. The van der Waals surface area contributed by atoms with Crippen LogP contribution in [0.3, 0.4) is 0 Å². The molecule has 35 heavy (non-hydrogen) atoms. The summed E-state index contributed by atoms with van der Waals surface area (Å²) in [6.45, 7) is 7.80. The number of aromatic nitrogens is 1. The van der Waals surface area contributed by atoms with E-state index in [1.807, 2.05) is 25.1 Å². The summed E-state index contributed by atoms with van der Waals surface area (Å²) in [5.74, 6) is -0.923. The molecule has 0 spiro atoms. The van der Waals surface area contributed by atoms with Crippen LogP contribution >= 0.6 is 11.6 Å². The van der Waals surface area contributed by atoms with Crippen LogP contribution in [0.5, 0.6) is 5.75 Å². The minimum atomic E-state index is -1.29. The summed E-state index contributed by atoms with van der Waals surface area (Å²) in [5.41, 5.74) is 3.35. The molecule has 1 aromatic heterocycles. The fourth-order valence-electron chi connectivity index (χ4n) is 4.89. The summed E-state index contributed by atoms with van der Waals surface area (Å²) in [4.78, 5) is 17.2. The molecular formula is C28H25ClFNO4. The first-order chi connectivity index (χ1) is 16.5. The summed E-state index contributed by atoms with van der Waals surface area (Å²) in [7, 11) is 0. The second kappa shape index (κ2) is 8.47. The summed E-state index contributed by atoms with van der Waals surface area (Å²) >= 11 is 6.47. The molecule has 2 heterocycles. The van der Waals surface area contributed by atoms with Crippen LogP contribution < -0.4 is 4.74 Å². The third kappa shape index (κ3) is 4.11. The van der Waals surface area contributed by atoms with E-state index >= 15 is 0 Å². The highest BCUT2D eigenvalue weighted by Crippen LogP contribution is 2.46. The quantitative estimate of drug-likeness (QED) is 0.330. The van der Waals surface area contributed by atoms with Crippen molar-refractivity contribution >= 4 is 39.2 Å². The van der Waals surface area contributed by atoms with Gasteiger partial charge in [0, 0.05) is 34.5 Å². The van der Waals surface area contributed by atoms with Crippen LogP contribution in [0.15, 0.2) is 42.6 Å². The monoisotopic (exact) mass is 493 g/mol. The molecule has 5 nitrogen and oxygen atoms in total. The lowest BCUT2D eigenvalue weighted by atomic mass is 9.85. The number of carbonyl (C=O) groups is 1. The standard InChI is InChI=1S/C28H25ClFNO4/c1-14-11-18-19(12-16(30)13-20(18)29)24(22(14)26(27(32)33)35-28(2,3)4)17-5-6-21-23-15(8-10-34-21)7-9-31-25(17)23/h5-7,9,11-13,26H,8,10H2,1-4H3,(H,32,33)/t26-/m1/s1. The highest BCUT2D eigenvalue weighted by atomic mass is 35.5. The summed E-state index contributed by atoms with van der Waals surface area (Å²) in [6.07, 6.45) is 1.18. The first-order valence-electron chi connectivity index (χ1n) is 11.4. The van der Waals surface area contributed by atoms with E-state index in [1.165, 1.54) is 12.1 Å². The van der Waals surface area contributed by atoms with Crippen molar-refractivity contribution in [3.8, 4) is 16.9 Å². The summed E-state index contributed by atoms with van der Waals surface area (Å²) in [5, 5.41) is 12.5. The van der Waals surface area contributed by atoms with Gasteiger partial charge in [0.25, 0.3) is 0 Å². The smallest absolute Gasteiger partial charge is 0.337 e. The Balaban J connectivity index is 1.95. The van der Waals surface area contributed by atoms with E-state index in [1.54, 1.807) is 33.0 Å². The topological polar surface area (TPSA) is 68.7 Å². The molecule has 4 aromatic rings. The largest absolute Gasteiger partial charge is 0.493 e. The Hall–Kier alpha value is -3.22. The molecule has 1 aliphatic heterocycles. The first kappa shape index (κ1) is 23.5. The zero-order valence-electron chi connectivity index (χ0n) is 19.9. The molecule has 0 radical (unpaired) electrons. The van der Waals surface area contributed by atoms with Crippen molar-refractivity contribution in [3.63, 3.8) is 0 Å². The fraction of sp³-hybridized carbons (Fsp3) is 0.286. The van der Waals surface area contributed by atoms with Crippen molar-refractivity contribution in [2.24, 2.45) is 0 Å². The van der Waals surface area contributed by atoms with Gasteiger partial charge in [-0.05, 0) is 86.2 Å². The van der Waals surface area contributed by atoms with Crippen LogP contribution in [0, 0.1) is 12.7 Å². The van der Waals surface area contributed by atoms with Crippen molar-refractivity contribution in [2.45, 2.75) is 45.8 Å². The molecule has 5 rings (SSSR count). The zero-order chi connectivity index (χ0) is 25.1. The van der Waals surface area contributed by atoms with Crippen LogP contribution in [0.2, 0.25) is 5.02 Å². The molecule has 0 saturated carbocycles. The molecule has 0 bridgehead atoms. The van der Waals surface area contributed by atoms with Gasteiger partial charge in [-0.3, -0.25) is 4.98 Å². The van der Waals surface area contributed by atoms with Crippen LogP contribution in [-0.2, 0) is 16.0 Å².